The lowest BCUT2D eigenvalue weighted by Crippen LogP contribution is -2.52. The minimum absolute atomic E-state index is 0.0421. The Kier molecular flexibility index (Phi) is 4.50. The van der Waals surface area contributed by atoms with Crippen molar-refractivity contribution in [2.45, 2.75) is 25.3 Å². The Morgan fingerprint density at radius 3 is 2.76 bits per heavy atom. The van der Waals surface area contributed by atoms with Gasteiger partial charge in [0.2, 0.25) is 0 Å². The highest BCUT2D eigenvalue weighted by Gasteiger charge is 2.26. The molecule has 1 saturated heterocycles. The quantitative estimate of drug-likeness (QED) is 0.914. The first-order valence-electron chi connectivity index (χ1n) is 8.95. The van der Waals surface area contributed by atoms with Gasteiger partial charge >= 0.3 is 6.03 Å². The molecule has 130 valence electrons. The molecular formula is C19H23N5O. The second-order valence-electron chi connectivity index (χ2n) is 6.63. The van der Waals surface area contributed by atoms with Crippen molar-refractivity contribution in [1.29, 1.82) is 0 Å². The number of amides is 2. The first-order chi connectivity index (χ1) is 12.3. The molecule has 0 bridgehead atoms. The highest BCUT2D eigenvalue weighted by atomic mass is 16.2. The maximum absolute atomic E-state index is 12.7. The van der Waals surface area contributed by atoms with E-state index in [1.165, 1.54) is 11.1 Å². The number of aryl methyl sites for hydroxylation is 1. The molecule has 25 heavy (non-hydrogen) atoms. The standard InChI is InChI=1S/C19H23N5O/c25-19(22-17-7-3-5-15-4-1-2-6-16(15)17)24-12-10-23(11-13-24)18-14-20-8-9-21-18/h1-2,4,6,8-9,14,17H,3,5,7,10-13H2,(H,22,25). The Labute approximate surface area is 147 Å². The Morgan fingerprint density at radius 2 is 1.96 bits per heavy atom. The number of hydrogen-bond acceptors (Lipinski definition) is 4. The zero-order valence-electron chi connectivity index (χ0n) is 14.3. The molecule has 1 fully saturated rings. The molecule has 4 rings (SSSR count). The average molecular weight is 337 g/mol. The summed E-state index contributed by atoms with van der Waals surface area (Å²) in [5.41, 5.74) is 2.65. The fourth-order valence-corrected chi connectivity index (χ4v) is 3.74. The van der Waals surface area contributed by atoms with E-state index >= 15 is 0 Å². The zero-order valence-corrected chi connectivity index (χ0v) is 14.3. The predicted molar refractivity (Wildman–Crippen MR) is 96.5 cm³/mol. The molecule has 2 aromatic rings. The van der Waals surface area contributed by atoms with Gasteiger partial charge in [-0.1, -0.05) is 24.3 Å². The fraction of sp³-hybridized carbons (Fsp3) is 0.421. The van der Waals surface area contributed by atoms with Gasteiger partial charge in [0, 0.05) is 38.6 Å². The van der Waals surface area contributed by atoms with Gasteiger partial charge in [0.15, 0.2) is 0 Å². The number of aromatic nitrogens is 2. The number of piperazine rings is 1. The lowest BCUT2D eigenvalue weighted by molar-refractivity contribution is 0.189. The molecular weight excluding hydrogens is 314 g/mol. The minimum atomic E-state index is 0.0421. The van der Waals surface area contributed by atoms with Crippen molar-refractivity contribution in [3.8, 4) is 0 Å². The van der Waals surface area contributed by atoms with E-state index in [4.69, 9.17) is 0 Å². The molecule has 1 aromatic heterocycles. The van der Waals surface area contributed by atoms with E-state index in [-0.39, 0.29) is 12.1 Å². The first kappa shape index (κ1) is 15.9. The van der Waals surface area contributed by atoms with Crippen LogP contribution in [0.4, 0.5) is 10.6 Å². The number of rotatable bonds is 2. The van der Waals surface area contributed by atoms with Gasteiger partial charge in [0.25, 0.3) is 0 Å². The molecule has 1 aromatic carbocycles. The Balaban J connectivity index is 1.36. The number of urea groups is 1. The molecule has 1 aliphatic heterocycles. The summed E-state index contributed by atoms with van der Waals surface area (Å²) in [5.74, 6) is 0.878. The van der Waals surface area contributed by atoms with Crippen LogP contribution in [0.15, 0.2) is 42.9 Å². The SMILES string of the molecule is O=C(NC1CCCc2ccccc21)N1CCN(c2cnccn2)CC1. The highest BCUT2D eigenvalue weighted by molar-refractivity contribution is 5.75. The molecule has 1 N–H and O–H groups in total. The number of carbonyl (C=O) groups is 1. The summed E-state index contributed by atoms with van der Waals surface area (Å²) in [5, 5.41) is 3.24. The van der Waals surface area contributed by atoms with Gasteiger partial charge in [-0.3, -0.25) is 4.98 Å². The molecule has 2 amide bonds. The van der Waals surface area contributed by atoms with Gasteiger partial charge in [0.05, 0.1) is 12.2 Å². The predicted octanol–water partition coefficient (Wildman–Crippen LogP) is 2.39. The van der Waals surface area contributed by atoms with Gasteiger partial charge in [-0.25, -0.2) is 9.78 Å². The Morgan fingerprint density at radius 1 is 1.12 bits per heavy atom. The van der Waals surface area contributed by atoms with E-state index in [0.29, 0.717) is 13.1 Å². The van der Waals surface area contributed by atoms with Crippen molar-refractivity contribution in [3.63, 3.8) is 0 Å². The molecule has 2 heterocycles. The molecule has 0 saturated carbocycles. The molecule has 6 heteroatoms. The van der Waals surface area contributed by atoms with Crippen molar-refractivity contribution in [2.24, 2.45) is 0 Å². The number of nitrogens with zero attached hydrogens (tertiary/aromatic N) is 4. The third kappa shape index (κ3) is 3.43. The maximum atomic E-state index is 12.7. The number of benzene rings is 1. The van der Waals surface area contributed by atoms with Gasteiger partial charge in [0.1, 0.15) is 5.82 Å². The molecule has 0 radical (unpaired) electrons. The van der Waals surface area contributed by atoms with E-state index in [1.807, 2.05) is 4.90 Å². The van der Waals surface area contributed by atoms with E-state index in [1.54, 1.807) is 18.6 Å². The monoisotopic (exact) mass is 337 g/mol. The summed E-state index contributed by atoms with van der Waals surface area (Å²) < 4.78 is 0. The number of nitrogens with one attached hydrogen (secondary N) is 1. The maximum Gasteiger partial charge on any atom is 0.318 e. The Bertz CT molecular complexity index is 728. The smallest absolute Gasteiger partial charge is 0.318 e. The summed E-state index contributed by atoms with van der Waals surface area (Å²) in [7, 11) is 0. The summed E-state index contributed by atoms with van der Waals surface area (Å²) in [6.45, 7) is 2.98. The number of carbonyl (C=O) groups excluding carboxylic acids is 1. The molecule has 2 aliphatic rings. The van der Waals surface area contributed by atoms with E-state index in [2.05, 4.69) is 44.5 Å². The molecule has 0 spiro atoms. The summed E-state index contributed by atoms with van der Waals surface area (Å²) in [4.78, 5) is 25.2. The van der Waals surface area contributed by atoms with Crippen molar-refractivity contribution in [2.75, 3.05) is 31.1 Å². The van der Waals surface area contributed by atoms with Crippen LogP contribution < -0.4 is 10.2 Å². The highest BCUT2D eigenvalue weighted by Crippen LogP contribution is 2.29. The third-order valence-electron chi connectivity index (χ3n) is 5.11. The first-order valence-corrected chi connectivity index (χ1v) is 8.95. The van der Waals surface area contributed by atoms with Crippen molar-refractivity contribution >= 4 is 11.8 Å². The molecule has 6 nitrogen and oxygen atoms in total. The van der Waals surface area contributed by atoms with Crippen LogP contribution in [0.3, 0.4) is 0 Å². The largest absolute Gasteiger partial charge is 0.352 e. The van der Waals surface area contributed by atoms with Crippen LogP contribution in [0.2, 0.25) is 0 Å². The lowest BCUT2D eigenvalue weighted by Gasteiger charge is -2.36. The normalized spacial score (nSPS) is 20.1. The molecule has 1 atom stereocenters. The van der Waals surface area contributed by atoms with Gasteiger partial charge in [-0.2, -0.15) is 0 Å². The van der Waals surface area contributed by atoms with E-state index in [9.17, 15) is 4.79 Å². The Hall–Kier alpha value is -2.63. The van der Waals surface area contributed by atoms with Crippen LogP contribution in [-0.2, 0) is 6.42 Å². The molecule has 1 aliphatic carbocycles. The van der Waals surface area contributed by atoms with Gasteiger partial charge in [-0.05, 0) is 30.4 Å². The van der Waals surface area contributed by atoms with Crippen molar-refractivity contribution in [3.05, 3.63) is 54.0 Å². The van der Waals surface area contributed by atoms with Crippen molar-refractivity contribution in [1.82, 2.24) is 20.2 Å². The number of anilines is 1. The average Bonchev–Trinajstić information content (AvgIpc) is 2.69. The summed E-state index contributed by atoms with van der Waals surface area (Å²) in [6, 6.07) is 8.63. The number of fused-ring (bicyclic) bond motifs is 1. The van der Waals surface area contributed by atoms with Gasteiger partial charge < -0.3 is 15.1 Å². The van der Waals surface area contributed by atoms with E-state index in [0.717, 1.165) is 38.2 Å². The van der Waals surface area contributed by atoms with E-state index < -0.39 is 0 Å². The topological polar surface area (TPSA) is 61.4 Å². The van der Waals surface area contributed by atoms with Crippen LogP contribution in [0.25, 0.3) is 0 Å². The van der Waals surface area contributed by atoms with Crippen molar-refractivity contribution < 1.29 is 4.79 Å². The minimum Gasteiger partial charge on any atom is -0.352 e. The van der Waals surface area contributed by atoms with Crippen LogP contribution in [0, 0.1) is 0 Å². The fourth-order valence-electron chi connectivity index (χ4n) is 3.74. The van der Waals surface area contributed by atoms with Crippen LogP contribution in [-0.4, -0.2) is 47.1 Å². The third-order valence-corrected chi connectivity index (χ3v) is 5.11. The van der Waals surface area contributed by atoms with Crippen LogP contribution >= 0.6 is 0 Å². The number of hydrogen-bond donors (Lipinski definition) is 1. The zero-order chi connectivity index (χ0) is 17.1. The summed E-state index contributed by atoms with van der Waals surface area (Å²) in [6.07, 6.45) is 8.41. The lowest BCUT2D eigenvalue weighted by atomic mass is 9.88. The van der Waals surface area contributed by atoms with Gasteiger partial charge in [-0.15, -0.1) is 0 Å². The second-order valence-corrected chi connectivity index (χ2v) is 6.63. The molecule has 1 unspecified atom stereocenters. The second kappa shape index (κ2) is 7.09. The summed E-state index contributed by atoms with van der Waals surface area (Å²) >= 11 is 0. The van der Waals surface area contributed by atoms with Crippen LogP contribution in [0.1, 0.15) is 30.0 Å². The van der Waals surface area contributed by atoms with Crippen LogP contribution in [0.5, 0.6) is 0 Å².